The van der Waals surface area contributed by atoms with Gasteiger partial charge in [0.15, 0.2) is 0 Å². The van der Waals surface area contributed by atoms with Crippen molar-refractivity contribution in [1.29, 1.82) is 0 Å². The summed E-state index contributed by atoms with van der Waals surface area (Å²) < 4.78 is 4.84. The molecule has 7 nitrogen and oxygen atoms in total. The van der Waals surface area contributed by atoms with Crippen molar-refractivity contribution in [2.24, 2.45) is 11.7 Å². The Morgan fingerprint density at radius 2 is 1.88 bits per heavy atom. The molecule has 0 radical (unpaired) electrons. The second-order valence-corrected chi connectivity index (χ2v) is 3.66. The number of hydrazine groups is 1. The number of amides is 3. The summed E-state index contributed by atoms with van der Waals surface area (Å²) in [5, 5.41) is 0. The lowest BCUT2D eigenvalue weighted by molar-refractivity contribution is -0.129. The summed E-state index contributed by atoms with van der Waals surface area (Å²) in [5.74, 6) is -0.371. The van der Waals surface area contributed by atoms with Crippen LogP contribution < -0.4 is 16.6 Å². The third kappa shape index (κ3) is 3.76. The van der Waals surface area contributed by atoms with Crippen LogP contribution in [0.1, 0.15) is 25.7 Å². The molecule has 90 valence electrons. The maximum atomic E-state index is 11.4. The minimum Gasteiger partial charge on any atom is -0.446 e. The highest BCUT2D eigenvalue weighted by atomic mass is 16.6. The summed E-state index contributed by atoms with van der Waals surface area (Å²) in [5.41, 5.74) is 9.27. The van der Waals surface area contributed by atoms with Crippen LogP contribution in [0.25, 0.3) is 0 Å². The van der Waals surface area contributed by atoms with Crippen molar-refractivity contribution in [1.82, 2.24) is 10.9 Å². The minimum absolute atomic E-state index is 0.153. The summed E-state index contributed by atoms with van der Waals surface area (Å²) in [7, 11) is 0. The van der Waals surface area contributed by atoms with E-state index >= 15 is 0 Å². The van der Waals surface area contributed by atoms with E-state index in [9.17, 15) is 14.4 Å². The van der Waals surface area contributed by atoms with Gasteiger partial charge in [0, 0.05) is 5.92 Å². The topological polar surface area (TPSA) is 111 Å². The monoisotopic (exact) mass is 229 g/mol. The van der Waals surface area contributed by atoms with Gasteiger partial charge in [-0.1, -0.05) is 0 Å². The molecule has 0 unspecified atom stereocenters. The van der Waals surface area contributed by atoms with Crippen molar-refractivity contribution in [2.75, 3.05) is 0 Å². The molecule has 0 aliphatic heterocycles. The van der Waals surface area contributed by atoms with Gasteiger partial charge in [-0.05, 0) is 25.7 Å². The van der Waals surface area contributed by atoms with Crippen LogP contribution in [0.2, 0.25) is 0 Å². The first-order chi connectivity index (χ1) is 7.63. The number of rotatable bonds is 4. The van der Waals surface area contributed by atoms with Gasteiger partial charge in [0.25, 0.3) is 0 Å². The fourth-order valence-electron chi connectivity index (χ4n) is 1.81. The number of nitrogens with two attached hydrogens (primary N) is 1. The Morgan fingerprint density at radius 1 is 1.25 bits per heavy atom. The van der Waals surface area contributed by atoms with Crippen LogP contribution in [-0.2, 0) is 14.3 Å². The van der Waals surface area contributed by atoms with Crippen molar-refractivity contribution in [2.45, 2.75) is 31.8 Å². The lowest BCUT2D eigenvalue weighted by atomic mass is 9.87. The molecule has 1 aliphatic carbocycles. The number of carbonyl (C=O) groups is 3. The molecule has 1 fully saturated rings. The van der Waals surface area contributed by atoms with Gasteiger partial charge < -0.3 is 10.5 Å². The molecule has 4 N–H and O–H groups in total. The molecule has 16 heavy (non-hydrogen) atoms. The molecule has 0 heterocycles. The quantitative estimate of drug-likeness (QED) is 0.442. The standard InChI is InChI=1S/C9H15N3O4/c10-9(15)16-7-3-1-6(2-4-7)8(14)12-11-5-13/h5-7H,1-4H2,(H2,10,15)(H,11,13)(H,12,14)/t6-,7-. The number of hydrogen-bond donors (Lipinski definition) is 3. The zero-order valence-electron chi connectivity index (χ0n) is 8.77. The van der Waals surface area contributed by atoms with Crippen LogP contribution in [0.4, 0.5) is 4.79 Å². The Kier molecular flexibility index (Phi) is 4.56. The molecule has 1 aliphatic rings. The number of primary amides is 1. The Labute approximate surface area is 92.7 Å². The molecule has 1 rings (SSSR count). The van der Waals surface area contributed by atoms with Gasteiger partial charge in [-0.3, -0.25) is 20.4 Å². The number of nitrogens with one attached hydrogen (secondary N) is 2. The fraction of sp³-hybridized carbons (Fsp3) is 0.667. The Balaban J connectivity index is 2.28. The second-order valence-electron chi connectivity index (χ2n) is 3.66. The van der Waals surface area contributed by atoms with E-state index in [1.54, 1.807) is 0 Å². The van der Waals surface area contributed by atoms with Crippen LogP contribution in [0.3, 0.4) is 0 Å². The maximum absolute atomic E-state index is 11.4. The highest BCUT2D eigenvalue weighted by molar-refractivity contribution is 5.79. The summed E-state index contributed by atoms with van der Waals surface area (Å²) in [6.07, 6.45) is 1.88. The largest absolute Gasteiger partial charge is 0.446 e. The summed E-state index contributed by atoms with van der Waals surface area (Å²) in [6.45, 7) is 0. The van der Waals surface area contributed by atoms with Crippen molar-refractivity contribution in [3.8, 4) is 0 Å². The fourth-order valence-corrected chi connectivity index (χ4v) is 1.81. The van der Waals surface area contributed by atoms with E-state index in [1.165, 1.54) is 0 Å². The lowest BCUT2D eigenvalue weighted by Crippen LogP contribution is -2.42. The average molecular weight is 229 g/mol. The Hall–Kier alpha value is -1.79. The van der Waals surface area contributed by atoms with E-state index in [1.807, 2.05) is 0 Å². The van der Waals surface area contributed by atoms with Crippen LogP contribution in [0, 0.1) is 5.92 Å². The maximum Gasteiger partial charge on any atom is 0.404 e. The van der Waals surface area contributed by atoms with Crippen molar-refractivity contribution in [3.63, 3.8) is 0 Å². The molecule has 0 aromatic heterocycles. The highest BCUT2D eigenvalue weighted by Gasteiger charge is 2.27. The normalized spacial score (nSPS) is 24.2. The van der Waals surface area contributed by atoms with Crippen molar-refractivity contribution in [3.05, 3.63) is 0 Å². The second kappa shape index (κ2) is 5.94. The van der Waals surface area contributed by atoms with E-state index in [-0.39, 0.29) is 17.9 Å². The number of hydrogen-bond acceptors (Lipinski definition) is 4. The van der Waals surface area contributed by atoms with Gasteiger partial charge in [-0.2, -0.15) is 0 Å². The van der Waals surface area contributed by atoms with Gasteiger partial charge in [-0.15, -0.1) is 0 Å². The zero-order chi connectivity index (χ0) is 12.0. The summed E-state index contributed by atoms with van der Waals surface area (Å²) in [4.78, 5) is 31.9. The predicted molar refractivity (Wildman–Crippen MR) is 53.8 cm³/mol. The van der Waals surface area contributed by atoms with Crippen LogP contribution in [0.5, 0.6) is 0 Å². The van der Waals surface area contributed by atoms with E-state index in [0.29, 0.717) is 32.1 Å². The Morgan fingerprint density at radius 3 is 2.38 bits per heavy atom. The molecule has 3 amide bonds. The predicted octanol–water partition coefficient (Wildman–Crippen LogP) is -0.582. The van der Waals surface area contributed by atoms with E-state index < -0.39 is 6.09 Å². The molecule has 0 saturated heterocycles. The van der Waals surface area contributed by atoms with Gasteiger partial charge in [0.05, 0.1) is 0 Å². The molecule has 1 saturated carbocycles. The first-order valence-corrected chi connectivity index (χ1v) is 5.08. The van der Waals surface area contributed by atoms with E-state index in [4.69, 9.17) is 10.5 Å². The van der Waals surface area contributed by atoms with Gasteiger partial charge in [0.2, 0.25) is 12.3 Å². The zero-order valence-corrected chi connectivity index (χ0v) is 8.77. The minimum atomic E-state index is -0.782. The molecule has 0 aromatic carbocycles. The molecule has 0 atom stereocenters. The molecule has 0 aromatic rings. The number of carbonyl (C=O) groups excluding carboxylic acids is 3. The third-order valence-corrected chi connectivity index (χ3v) is 2.58. The van der Waals surface area contributed by atoms with E-state index in [2.05, 4.69) is 10.9 Å². The number of ether oxygens (including phenoxy) is 1. The smallest absolute Gasteiger partial charge is 0.404 e. The highest BCUT2D eigenvalue weighted by Crippen LogP contribution is 2.26. The molecule has 0 spiro atoms. The van der Waals surface area contributed by atoms with Crippen LogP contribution in [-0.4, -0.2) is 24.5 Å². The summed E-state index contributed by atoms with van der Waals surface area (Å²) in [6, 6.07) is 0. The van der Waals surface area contributed by atoms with Crippen LogP contribution in [0.15, 0.2) is 0 Å². The SMILES string of the molecule is NC(=O)O[C@H]1CC[C@H](C(=O)NNC=O)CC1. The van der Waals surface area contributed by atoms with E-state index in [0.717, 1.165) is 0 Å². The summed E-state index contributed by atoms with van der Waals surface area (Å²) >= 11 is 0. The first kappa shape index (κ1) is 12.3. The molecule has 0 bridgehead atoms. The van der Waals surface area contributed by atoms with Crippen molar-refractivity contribution >= 4 is 18.4 Å². The third-order valence-electron chi connectivity index (χ3n) is 2.58. The average Bonchev–Trinajstić information content (AvgIpc) is 2.26. The molecular formula is C9H15N3O4. The lowest BCUT2D eigenvalue weighted by Gasteiger charge is -2.26. The molecule has 7 heteroatoms. The van der Waals surface area contributed by atoms with Crippen LogP contribution >= 0.6 is 0 Å². The molecular weight excluding hydrogens is 214 g/mol. The Bertz CT molecular complexity index is 274. The van der Waals surface area contributed by atoms with Crippen molar-refractivity contribution < 1.29 is 19.1 Å². The first-order valence-electron chi connectivity index (χ1n) is 5.08. The van der Waals surface area contributed by atoms with Gasteiger partial charge in [0.1, 0.15) is 6.10 Å². The van der Waals surface area contributed by atoms with Gasteiger partial charge in [-0.25, -0.2) is 4.79 Å². The van der Waals surface area contributed by atoms with Gasteiger partial charge >= 0.3 is 6.09 Å².